The van der Waals surface area contributed by atoms with Gasteiger partial charge in [0, 0.05) is 12.6 Å². The summed E-state index contributed by atoms with van der Waals surface area (Å²) in [7, 11) is 2.11. The van der Waals surface area contributed by atoms with Crippen LogP contribution < -0.4 is 0 Å². The van der Waals surface area contributed by atoms with Crippen LogP contribution >= 0.6 is 0 Å². The summed E-state index contributed by atoms with van der Waals surface area (Å²) in [5.74, 6) is -0.115. The molecule has 0 saturated heterocycles. The molecule has 0 amide bonds. The van der Waals surface area contributed by atoms with E-state index in [4.69, 9.17) is 0 Å². The first-order valence-corrected chi connectivity index (χ1v) is 4.64. The first-order valence-electron chi connectivity index (χ1n) is 4.64. The summed E-state index contributed by atoms with van der Waals surface area (Å²) < 4.78 is 12.9. The quantitative estimate of drug-likeness (QED) is 0.590. The van der Waals surface area contributed by atoms with Gasteiger partial charge in [-0.25, -0.2) is 4.39 Å². The maximum atomic E-state index is 12.9. The topological polar surface area (TPSA) is 3.24 Å². The average Bonchev–Trinajstić information content (AvgIpc) is 2.08. The van der Waals surface area contributed by atoms with Crippen molar-refractivity contribution in [3.05, 3.63) is 35.1 Å². The van der Waals surface area contributed by atoms with E-state index in [0.29, 0.717) is 6.04 Å². The minimum Gasteiger partial charge on any atom is -0.299 e. The normalized spacial score (nSPS) is 22.8. The second-order valence-corrected chi connectivity index (χ2v) is 3.88. The Bertz CT molecular complexity index is 322. The molecule has 1 atom stereocenters. The molecular formula is C11H14FN. The van der Waals surface area contributed by atoms with Gasteiger partial charge in [-0.3, -0.25) is 4.90 Å². The van der Waals surface area contributed by atoms with Crippen molar-refractivity contribution in [2.45, 2.75) is 25.9 Å². The molecule has 1 heterocycles. The van der Waals surface area contributed by atoms with Gasteiger partial charge in [-0.2, -0.15) is 0 Å². The van der Waals surface area contributed by atoms with Crippen LogP contribution in [0.25, 0.3) is 0 Å². The molecule has 0 spiro atoms. The molecule has 0 bridgehead atoms. The summed E-state index contributed by atoms with van der Waals surface area (Å²) in [4.78, 5) is 2.29. The van der Waals surface area contributed by atoms with Crippen molar-refractivity contribution < 1.29 is 4.39 Å². The maximum Gasteiger partial charge on any atom is 0.123 e. The lowest BCUT2D eigenvalue weighted by molar-refractivity contribution is 0.231. The zero-order valence-corrected chi connectivity index (χ0v) is 8.05. The van der Waals surface area contributed by atoms with E-state index in [1.165, 1.54) is 11.1 Å². The van der Waals surface area contributed by atoms with Gasteiger partial charge in [-0.05, 0) is 43.7 Å². The molecule has 0 N–H and O–H groups in total. The fourth-order valence-corrected chi connectivity index (χ4v) is 1.84. The molecule has 13 heavy (non-hydrogen) atoms. The predicted molar refractivity (Wildman–Crippen MR) is 51.0 cm³/mol. The van der Waals surface area contributed by atoms with Crippen LogP contribution in [-0.2, 0) is 13.0 Å². The number of nitrogens with zero attached hydrogens (tertiary/aromatic N) is 1. The monoisotopic (exact) mass is 179 g/mol. The molecule has 1 nitrogen and oxygen atoms in total. The molecule has 0 aliphatic carbocycles. The molecule has 1 aromatic rings. The molecule has 70 valence electrons. The van der Waals surface area contributed by atoms with Crippen LogP contribution in [0.5, 0.6) is 0 Å². The Labute approximate surface area is 78.2 Å². The van der Waals surface area contributed by atoms with Gasteiger partial charge in [0.15, 0.2) is 0 Å². The molecule has 0 aromatic heterocycles. The van der Waals surface area contributed by atoms with E-state index in [1.807, 2.05) is 6.07 Å². The van der Waals surface area contributed by atoms with E-state index in [1.54, 1.807) is 12.1 Å². The van der Waals surface area contributed by atoms with Gasteiger partial charge in [-0.15, -0.1) is 0 Å². The number of fused-ring (bicyclic) bond motifs is 1. The minimum atomic E-state index is -0.115. The summed E-state index contributed by atoms with van der Waals surface area (Å²) in [5, 5.41) is 0. The van der Waals surface area contributed by atoms with Crippen LogP contribution in [0.4, 0.5) is 4.39 Å². The van der Waals surface area contributed by atoms with Gasteiger partial charge in [-0.1, -0.05) is 6.07 Å². The van der Waals surface area contributed by atoms with Crippen molar-refractivity contribution in [3.63, 3.8) is 0 Å². The van der Waals surface area contributed by atoms with Crippen molar-refractivity contribution in [2.75, 3.05) is 7.05 Å². The highest BCUT2D eigenvalue weighted by atomic mass is 19.1. The lowest BCUT2D eigenvalue weighted by Crippen LogP contribution is -2.34. The molecule has 0 fully saturated rings. The van der Waals surface area contributed by atoms with Gasteiger partial charge in [0.1, 0.15) is 5.82 Å². The Hall–Kier alpha value is -0.890. The Balaban J connectivity index is 2.37. The van der Waals surface area contributed by atoms with Crippen molar-refractivity contribution in [1.82, 2.24) is 4.90 Å². The second-order valence-electron chi connectivity index (χ2n) is 3.88. The second kappa shape index (κ2) is 3.11. The van der Waals surface area contributed by atoms with Crippen molar-refractivity contribution in [2.24, 2.45) is 0 Å². The van der Waals surface area contributed by atoms with E-state index in [2.05, 4.69) is 18.9 Å². The van der Waals surface area contributed by atoms with Gasteiger partial charge < -0.3 is 0 Å². The Morgan fingerprint density at radius 3 is 2.92 bits per heavy atom. The number of benzene rings is 1. The summed E-state index contributed by atoms with van der Waals surface area (Å²) in [6, 6.07) is 5.63. The number of rotatable bonds is 0. The highest BCUT2D eigenvalue weighted by Gasteiger charge is 2.19. The van der Waals surface area contributed by atoms with Crippen LogP contribution in [-0.4, -0.2) is 18.0 Å². The zero-order valence-electron chi connectivity index (χ0n) is 8.05. The van der Waals surface area contributed by atoms with Gasteiger partial charge in [0.2, 0.25) is 0 Å². The highest BCUT2D eigenvalue weighted by Crippen LogP contribution is 2.22. The molecule has 1 aliphatic heterocycles. The summed E-state index contributed by atoms with van der Waals surface area (Å²) in [6.07, 6.45) is 0.962. The van der Waals surface area contributed by atoms with Crippen LogP contribution in [0.3, 0.4) is 0 Å². The standard InChI is InChI=1S/C11H14FN/c1-8-5-10-6-11(12)4-3-9(10)7-13(8)2/h3-4,6,8H,5,7H2,1-2H3. The van der Waals surface area contributed by atoms with E-state index in [0.717, 1.165) is 13.0 Å². The Kier molecular flexibility index (Phi) is 2.08. The highest BCUT2D eigenvalue weighted by molar-refractivity contribution is 5.30. The fraction of sp³-hybridized carbons (Fsp3) is 0.455. The number of hydrogen-bond acceptors (Lipinski definition) is 1. The molecule has 0 radical (unpaired) electrons. The molecule has 2 rings (SSSR count). The first-order chi connectivity index (χ1) is 6.16. The van der Waals surface area contributed by atoms with Crippen LogP contribution in [0.15, 0.2) is 18.2 Å². The van der Waals surface area contributed by atoms with Crippen LogP contribution in [0.1, 0.15) is 18.1 Å². The van der Waals surface area contributed by atoms with Crippen molar-refractivity contribution in [3.8, 4) is 0 Å². The summed E-state index contributed by atoms with van der Waals surface area (Å²) in [5.41, 5.74) is 2.44. The zero-order chi connectivity index (χ0) is 9.42. The Morgan fingerprint density at radius 2 is 2.15 bits per heavy atom. The van der Waals surface area contributed by atoms with Gasteiger partial charge in [0.25, 0.3) is 0 Å². The SMILES string of the molecule is CC1Cc2cc(F)ccc2CN1C. The summed E-state index contributed by atoms with van der Waals surface area (Å²) >= 11 is 0. The lowest BCUT2D eigenvalue weighted by Gasteiger charge is -2.31. The third-order valence-electron chi connectivity index (χ3n) is 2.86. The number of hydrogen-bond donors (Lipinski definition) is 0. The maximum absolute atomic E-state index is 12.9. The lowest BCUT2D eigenvalue weighted by atomic mass is 9.95. The fourth-order valence-electron chi connectivity index (χ4n) is 1.84. The smallest absolute Gasteiger partial charge is 0.123 e. The van der Waals surface area contributed by atoms with Crippen molar-refractivity contribution in [1.29, 1.82) is 0 Å². The summed E-state index contributed by atoms with van der Waals surface area (Å²) in [6.45, 7) is 3.12. The van der Waals surface area contributed by atoms with E-state index in [-0.39, 0.29) is 5.82 Å². The molecular weight excluding hydrogens is 165 g/mol. The molecule has 1 unspecified atom stereocenters. The third-order valence-corrected chi connectivity index (χ3v) is 2.86. The van der Waals surface area contributed by atoms with Crippen LogP contribution in [0, 0.1) is 5.82 Å². The number of likely N-dealkylation sites (N-methyl/N-ethyl adjacent to an activating group) is 1. The minimum absolute atomic E-state index is 0.115. The first kappa shape index (κ1) is 8.70. The molecule has 1 aromatic carbocycles. The molecule has 0 saturated carbocycles. The largest absolute Gasteiger partial charge is 0.299 e. The van der Waals surface area contributed by atoms with E-state index in [9.17, 15) is 4.39 Å². The van der Waals surface area contributed by atoms with Gasteiger partial charge in [0.05, 0.1) is 0 Å². The molecule has 1 aliphatic rings. The van der Waals surface area contributed by atoms with Crippen molar-refractivity contribution >= 4 is 0 Å². The van der Waals surface area contributed by atoms with E-state index >= 15 is 0 Å². The third kappa shape index (κ3) is 1.59. The number of halogens is 1. The molecule has 2 heteroatoms. The predicted octanol–water partition coefficient (Wildman–Crippen LogP) is 2.20. The average molecular weight is 179 g/mol. The van der Waals surface area contributed by atoms with Crippen LogP contribution in [0.2, 0.25) is 0 Å². The Morgan fingerprint density at radius 1 is 1.38 bits per heavy atom. The van der Waals surface area contributed by atoms with E-state index < -0.39 is 0 Å². The van der Waals surface area contributed by atoms with Gasteiger partial charge >= 0.3 is 0 Å².